The van der Waals surface area contributed by atoms with Crippen LogP contribution in [0.25, 0.3) is 0 Å². The Kier molecular flexibility index (Phi) is 34.7. The molecule has 0 bridgehead atoms. The number of hydrogen-bond donors (Lipinski definition) is 0. The molecule has 0 heterocycles. The fraction of sp³-hybridized carbons (Fsp3) is 0. The Morgan fingerprint density at radius 2 is 0.538 bits per heavy atom. The van der Waals surface area contributed by atoms with Gasteiger partial charge in [0.2, 0.25) is 0 Å². The second kappa shape index (κ2) is 18.9. The Morgan fingerprint density at radius 3 is 0.538 bits per heavy atom. The predicted octanol–water partition coefficient (Wildman–Crippen LogP) is -3.01. The summed E-state index contributed by atoms with van der Waals surface area (Å²) in [6.45, 7) is 0. The standard InChI is InChI=1S/3H2O3S.U/c3*1-4(2)3;/h3*(H2,1,2,3);/q;;;+6/p-6. The molecule has 0 aliphatic heterocycles. The molecule has 0 saturated carbocycles. The molecule has 13 heteroatoms. The molecule has 0 saturated heterocycles. The summed E-state index contributed by atoms with van der Waals surface area (Å²) in [5.41, 5.74) is 0. The largest absolute Gasteiger partial charge is 6.00 e. The van der Waals surface area contributed by atoms with E-state index in [9.17, 15) is 0 Å². The van der Waals surface area contributed by atoms with E-state index in [-0.39, 0.29) is 31.1 Å². The van der Waals surface area contributed by atoms with E-state index in [4.69, 9.17) is 39.9 Å². The quantitative estimate of drug-likeness (QED) is 0.326. The van der Waals surface area contributed by atoms with Gasteiger partial charge in [0, 0.05) is 0 Å². The van der Waals surface area contributed by atoms with Crippen LogP contribution in [0.2, 0.25) is 0 Å². The van der Waals surface area contributed by atoms with E-state index in [2.05, 4.69) is 0 Å². The van der Waals surface area contributed by atoms with Crippen molar-refractivity contribution in [2.75, 3.05) is 0 Å². The summed E-state index contributed by atoms with van der Waals surface area (Å²) in [6, 6.07) is 0. The first-order chi connectivity index (χ1) is 5.20. The predicted molar refractivity (Wildman–Crippen MR) is 29.1 cm³/mol. The maximum absolute atomic E-state index is 8.44. The molecule has 0 fully saturated rings. The number of hydrogen-bond acceptors (Lipinski definition) is 9. The van der Waals surface area contributed by atoms with Gasteiger partial charge >= 0.3 is 31.1 Å². The maximum atomic E-state index is 8.44. The van der Waals surface area contributed by atoms with E-state index in [0.717, 1.165) is 0 Å². The van der Waals surface area contributed by atoms with Crippen LogP contribution in [0.1, 0.15) is 0 Å². The van der Waals surface area contributed by atoms with Gasteiger partial charge in [-0.3, -0.25) is 12.6 Å². The van der Waals surface area contributed by atoms with Gasteiger partial charge in [-0.2, -0.15) is 0 Å². The minimum Gasteiger partial charge on any atom is -0.784 e. The Balaban J connectivity index is -0.0000000450. The summed E-state index contributed by atoms with van der Waals surface area (Å²) in [4.78, 5) is 0. The van der Waals surface area contributed by atoms with Crippen molar-refractivity contribution in [3.05, 3.63) is 0 Å². The third-order valence-corrected chi connectivity index (χ3v) is 0. The summed E-state index contributed by atoms with van der Waals surface area (Å²) in [5.74, 6) is 0. The van der Waals surface area contributed by atoms with Crippen molar-refractivity contribution >= 4 is 34.1 Å². The van der Waals surface area contributed by atoms with E-state index in [0.29, 0.717) is 0 Å². The minimum atomic E-state index is -3.11. The normalized spacial score (nSPS) is 8.08. The Labute approximate surface area is 104 Å². The molecule has 0 unspecified atom stereocenters. The molecule has 0 aliphatic carbocycles. The van der Waals surface area contributed by atoms with Crippen molar-refractivity contribution in [3.63, 3.8) is 0 Å². The van der Waals surface area contributed by atoms with Crippen LogP contribution >= 0.6 is 0 Å². The van der Waals surface area contributed by atoms with Crippen LogP contribution in [0, 0.1) is 31.1 Å². The fourth-order valence-electron chi connectivity index (χ4n) is 0. The van der Waals surface area contributed by atoms with Crippen LogP contribution in [0.5, 0.6) is 0 Å². The van der Waals surface area contributed by atoms with E-state index in [1.165, 1.54) is 0 Å². The zero-order valence-corrected chi connectivity index (χ0v) is 12.0. The first kappa shape index (κ1) is 23.8. The fourth-order valence-corrected chi connectivity index (χ4v) is 0. The van der Waals surface area contributed by atoms with Gasteiger partial charge in [0.1, 0.15) is 0 Å². The monoisotopic (exact) mass is 478 g/mol. The molecule has 0 aromatic rings. The molecule has 0 atom stereocenters. The van der Waals surface area contributed by atoms with Crippen LogP contribution in [0.4, 0.5) is 0 Å². The van der Waals surface area contributed by atoms with Crippen LogP contribution in [-0.2, 0) is 34.1 Å². The van der Waals surface area contributed by atoms with Crippen LogP contribution in [0.3, 0.4) is 0 Å². The molecule has 0 aromatic carbocycles. The first-order valence-corrected chi connectivity index (χ1v) is 4.50. The number of rotatable bonds is 0. The summed E-state index contributed by atoms with van der Waals surface area (Å²) in [6.07, 6.45) is 0. The summed E-state index contributed by atoms with van der Waals surface area (Å²) >= 11 is -9.33. The Bertz CT molecular complexity index is 112. The smallest absolute Gasteiger partial charge is 0.784 e. The van der Waals surface area contributed by atoms with E-state index >= 15 is 0 Å². The van der Waals surface area contributed by atoms with Gasteiger partial charge in [-0.15, -0.1) is 34.1 Å². The first-order valence-electron chi connectivity index (χ1n) is 1.50. The zero-order valence-electron chi connectivity index (χ0n) is 5.40. The second-order valence-electron chi connectivity index (χ2n) is 0.612. The molecule has 0 aromatic heterocycles. The van der Waals surface area contributed by atoms with Crippen molar-refractivity contribution in [2.24, 2.45) is 0 Å². The van der Waals surface area contributed by atoms with Crippen molar-refractivity contribution in [2.45, 2.75) is 0 Å². The molecule has 0 spiro atoms. The van der Waals surface area contributed by atoms with Gasteiger partial charge in [-0.1, -0.05) is 0 Å². The Hall–Kier alpha value is 1.26. The summed E-state index contributed by atoms with van der Waals surface area (Å²) in [5, 5.41) is 0. The van der Waals surface area contributed by atoms with Crippen LogP contribution in [0.15, 0.2) is 0 Å². The topological polar surface area (TPSA) is 190 Å². The van der Waals surface area contributed by atoms with Crippen LogP contribution < -0.4 is 0 Å². The SMILES string of the molecule is O=S([O-])[O-].O=S([O-])[O-].O=S([O-])[O-].[U+6]. The van der Waals surface area contributed by atoms with E-state index in [1.54, 1.807) is 0 Å². The molecule has 76 valence electrons. The average Bonchev–Trinajstić information content (AvgIpc) is 1.54. The van der Waals surface area contributed by atoms with Crippen molar-refractivity contribution in [1.29, 1.82) is 0 Å². The molecular formula is O9S3U. The van der Waals surface area contributed by atoms with Crippen molar-refractivity contribution in [1.82, 2.24) is 0 Å². The average molecular weight is 478 g/mol. The van der Waals surface area contributed by atoms with Gasteiger partial charge in [-0.25, -0.2) is 0 Å². The molecule has 0 aliphatic rings. The molecule has 13 heavy (non-hydrogen) atoms. The van der Waals surface area contributed by atoms with Gasteiger partial charge in [-0.05, 0) is 0 Å². The third kappa shape index (κ3) is 1060. The summed E-state index contributed by atoms with van der Waals surface area (Å²) < 4.78 is 76.0. The van der Waals surface area contributed by atoms with Gasteiger partial charge in [0.25, 0.3) is 0 Å². The molecule has 0 amide bonds. The Morgan fingerprint density at radius 1 is 0.538 bits per heavy atom. The van der Waals surface area contributed by atoms with Gasteiger partial charge in [0.05, 0.1) is 0 Å². The molecular weight excluding hydrogens is 478 g/mol. The van der Waals surface area contributed by atoms with E-state index < -0.39 is 34.1 Å². The van der Waals surface area contributed by atoms with Crippen LogP contribution in [-0.4, -0.2) is 39.9 Å². The zero-order chi connectivity index (χ0) is 10.7. The molecule has 0 N–H and O–H groups in total. The summed E-state index contributed by atoms with van der Waals surface area (Å²) in [7, 11) is 0. The third-order valence-electron chi connectivity index (χ3n) is 0. The molecule has 9 nitrogen and oxygen atoms in total. The van der Waals surface area contributed by atoms with Gasteiger partial charge < -0.3 is 27.3 Å². The van der Waals surface area contributed by atoms with Gasteiger partial charge in [0.15, 0.2) is 0 Å². The molecule has 0 radical (unpaired) electrons. The van der Waals surface area contributed by atoms with Crippen molar-refractivity contribution in [3.8, 4) is 0 Å². The molecule has 0 rings (SSSR count). The van der Waals surface area contributed by atoms with E-state index in [1.807, 2.05) is 0 Å². The van der Waals surface area contributed by atoms with Crippen molar-refractivity contribution < 1.29 is 71.1 Å². The maximum Gasteiger partial charge on any atom is 6.00 e. The minimum absolute atomic E-state index is 0. The second-order valence-corrected chi connectivity index (χ2v) is 1.84.